The Kier molecular flexibility index (Phi) is 7.85. The number of alkyl carbamates (subject to hydrolysis) is 1. The number of anilines is 1. The van der Waals surface area contributed by atoms with E-state index in [0.717, 1.165) is 0 Å². The third-order valence-corrected chi connectivity index (χ3v) is 4.84. The zero-order chi connectivity index (χ0) is 25.6. The molecule has 9 nitrogen and oxygen atoms in total. The van der Waals surface area contributed by atoms with Crippen LogP contribution in [0, 0.1) is 5.82 Å². The van der Waals surface area contributed by atoms with Gasteiger partial charge in [0.15, 0.2) is 0 Å². The Labute approximate surface area is 201 Å². The monoisotopic (exact) mass is 482 g/mol. The average molecular weight is 483 g/mol. The number of carbonyl (C=O) groups excluding carboxylic acids is 2. The number of methoxy groups -OCH3 is 1. The van der Waals surface area contributed by atoms with Gasteiger partial charge in [0.1, 0.15) is 11.4 Å². The topological polar surface area (TPSA) is 122 Å². The van der Waals surface area contributed by atoms with Crippen LogP contribution in [-0.2, 0) is 15.9 Å². The fourth-order valence-electron chi connectivity index (χ4n) is 3.30. The van der Waals surface area contributed by atoms with Crippen molar-refractivity contribution in [1.82, 2.24) is 15.5 Å². The highest BCUT2D eigenvalue weighted by molar-refractivity contribution is 5.85. The zero-order valence-electron chi connectivity index (χ0n) is 19.8. The molecule has 1 atom stereocenters. The van der Waals surface area contributed by atoms with Gasteiger partial charge in [-0.3, -0.25) is 10.1 Å². The summed E-state index contributed by atoms with van der Waals surface area (Å²) < 4.78 is 23.8. The normalized spacial score (nSPS) is 11.9. The molecular weight excluding hydrogens is 455 g/mol. The van der Waals surface area contributed by atoms with Crippen molar-refractivity contribution < 1.29 is 23.5 Å². The van der Waals surface area contributed by atoms with Gasteiger partial charge >= 0.3 is 12.2 Å². The van der Waals surface area contributed by atoms with E-state index in [4.69, 9.17) is 4.74 Å². The number of halogens is 1. The van der Waals surface area contributed by atoms with Gasteiger partial charge in [-0.15, -0.1) is 0 Å². The third-order valence-electron chi connectivity index (χ3n) is 4.84. The number of rotatable bonds is 6. The minimum Gasteiger partial charge on any atom is -0.453 e. The standard InChI is InChI=1S/C25H27FN4O5/c1-25(2,3)35-24(33)28-21(16-6-5-7-17(26)12-16)14-19-13-20(22(31)30-29-19)15-8-10-18(11-9-15)27-23(32)34-4/h5-13,21H,14H2,1-4H3,(H,27,32)(H,28,33)(H,30,31). The fourth-order valence-corrected chi connectivity index (χ4v) is 3.30. The number of ether oxygens (including phenoxy) is 2. The Morgan fingerprint density at radius 2 is 1.80 bits per heavy atom. The number of H-pyrrole nitrogens is 1. The molecule has 184 valence electrons. The number of nitrogens with zero attached hydrogens (tertiary/aromatic N) is 1. The van der Waals surface area contributed by atoms with Gasteiger partial charge < -0.3 is 14.8 Å². The third kappa shape index (κ3) is 7.39. The first kappa shape index (κ1) is 25.4. The Hall–Kier alpha value is -4.21. The van der Waals surface area contributed by atoms with Crippen LogP contribution in [0.3, 0.4) is 0 Å². The lowest BCUT2D eigenvalue weighted by Gasteiger charge is -2.24. The highest BCUT2D eigenvalue weighted by Gasteiger charge is 2.22. The highest BCUT2D eigenvalue weighted by atomic mass is 19.1. The molecule has 35 heavy (non-hydrogen) atoms. The molecule has 0 spiro atoms. The quantitative estimate of drug-likeness (QED) is 0.473. The van der Waals surface area contributed by atoms with Crippen molar-refractivity contribution in [3.8, 4) is 11.1 Å². The SMILES string of the molecule is COC(=O)Nc1ccc(-c2cc(CC(NC(=O)OC(C)(C)C)c3cccc(F)c3)n[nH]c2=O)cc1. The molecule has 0 bridgehead atoms. The minimum atomic E-state index is -0.713. The number of hydrogen-bond acceptors (Lipinski definition) is 6. The van der Waals surface area contributed by atoms with E-state index < -0.39 is 35.2 Å². The molecule has 0 aliphatic carbocycles. The van der Waals surface area contributed by atoms with E-state index in [1.807, 2.05) is 0 Å². The van der Waals surface area contributed by atoms with Crippen molar-refractivity contribution in [2.75, 3.05) is 12.4 Å². The van der Waals surface area contributed by atoms with Gasteiger partial charge in [0.05, 0.1) is 24.4 Å². The van der Waals surface area contributed by atoms with Crippen molar-refractivity contribution >= 4 is 17.9 Å². The second-order valence-electron chi connectivity index (χ2n) is 8.75. The van der Waals surface area contributed by atoms with Crippen LogP contribution in [0.4, 0.5) is 19.7 Å². The van der Waals surface area contributed by atoms with Crippen LogP contribution in [0.5, 0.6) is 0 Å². The van der Waals surface area contributed by atoms with Crippen molar-refractivity contribution in [3.05, 3.63) is 82.0 Å². The van der Waals surface area contributed by atoms with Crippen LogP contribution < -0.4 is 16.2 Å². The number of amides is 2. The van der Waals surface area contributed by atoms with Gasteiger partial charge in [-0.2, -0.15) is 5.10 Å². The van der Waals surface area contributed by atoms with E-state index in [1.165, 1.54) is 19.2 Å². The summed E-state index contributed by atoms with van der Waals surface area (Å²) >= 11 is 0. The van der Waals surface area contributed by atoms with Gasteiger partial charge in [0, 0.05) is 12.1 Å². The second kappa shape index (κ2) is 10.8. The molecule has 3 aromatic rings. The van der Waals surface area contributed by atoms with Gasteiger partial charge in [-0.05, 0) is 62.2 Å². The first-order valence-corrected chi connectivity index (χ1v) is 10.8. The molecule has 3 rings (SSSR count). The van der Waals surface area contributed by atoms with E-state index in [2.05, 4.69) is 25.6 Å². The first-order valence-electron chi connectivity index (χ1n) is 10.8. The first-order chi connectivity index (χ1) is 16.5. The maximum Gasteiger partial charge on any atom is 0.411 e. The van der Waals surface area contributed by atoms with E-state index in [9.17, 15) is 18.8 Å². The molecule has 2 amide bonds. The molecule has 2 aromatic carbocycles. The molecule has 3 N–H and O–H groups in total. The molecular formula is C25H27FN4O5. The number of nitrogens with one attached hydrogen (secondary N) is 3. The molecule has 0 saturated heterocycles. The summed E-state index contributed by atoms with van der Waals surface area (Å²) in [5.41, 5.74) is 1.28. The summed E-state index contributed by atoms with van der Waals surface area (Å²) in [5.74, 6) is -0.450. The van der Waals surface area contributed by atoms with Crippen LogP contribution in [0.25, 0.3) is 11.1 Å². The Morgan fingerprint density at radius 1 is 1.09 bits per heavy atom. The fraction of sp³-hybridized carbons (Fsp3) is 0.280. The minimum absolute atomic E-state index is 0.161. The smallest absolute Gasteiger partial charge is 0.411 e. The molecule has 0 radical (unpaired) electrons. The summed E-state index contributed by atoms with van der Waals surface area (Å²) in [6.07, 6.45) is -1.11. The molecule has 1 heterocycles. The summed E-state index contributed by atoms with van der Waals surface area (Å²) in [6, 6.07) is 13.4. The molecule has 1 unspecified atom stereocenters. The summed E-state index contributed by atoms with van der Waals surface area (Å²) in [7, 11) is 1.26. The maximum absolute atomic E-state index is 13.9. The lowest BCUT2D eigenvalue weighted by molar-refractivity contribution is 0.0503. The maximum atomic E-state index is 13.9. The highest BCUT2D eigenvalue weighted by Crippen LogP contribution is 2.23. The number of aromatic nitrogens is 2. The van der Waals surface area contributed by atoms with Crippen LogP contribution in [0.1, 0.15) is 38.1 Å². The number of hydrogen-bond donors (Lipinski definition) is 3. The van der Waals surface area contributed by atoms with Crippen LogP contribution in [0.2, 0.25) is 0 Å². The summed E-state index contributed by atoms with van der Waals surface area (Å²) in [5, 5.41) is 11.9. The second-order valence-corrected chi connectivity index (χ2v) is 8.75. The van der Waals surface area contributed by atoms with Crippen LogP contribution in [0.15, 0.2) is 59.4 Å². The van der Waals surface area contributed by atoms with Gasteiger partial charge in [0.25, 0.3) is 5.56 Å². The molecule has 0 saturated carbocycles. The lowest BCUT2D eigenvalue weighted by Crippen LogP contribution is -2.36. The van der Waals surface area contributed by atoms with E-state index in [0.29, 0.717) is 28.1 Å². The largest absolute Gasteiger partial charge is 0.453 e. The van der Waals surface area contributed by atoms with E-state index >= 15 is 0 Å². The van der Waals surface area contributed by atoms with Crippen molar-refractivity contribution in [3.63, 3.8) is 0 Å². The van der Waals surface area contributed by atoms with Crippen LogP contribution >= 0.6 is 0 Å². The molecule has 0 aliphatic rings. The van der Waals surface area contributed by atoms with Gasteiger partial charge in [0.2, 0.25) is 0 Å². The van der Waals surface area contributed by atoms with Crippen molar-refractivity contribution in [1.29, 1.82) is 0 Å². The predicted octanol–water partition coefficient (Wildman–Crippen LogP) is 4.56. The van der Waals surface area contributed by atoms with E-state index in [1.54, 1.807) is 63.2 Å². The number of carbonyl (C=O) groups is 2. The van der Waals surface area contributed by atoms with Gasteiger partial charge in [-0.1, -0.05) is 24.3 Å². The Balaban J connectivity index is 1.88. The zero-order valence-corrected chi connectivity index (χ0v) is 19.8. The number of benzene rings is 2. The summed E-state index contributed by atoms with van der Waals surface area (Å²) in [6.45, 7) is 5.22. The Morgan fingerprint density at radius 3 is 2.43 bits per heavy atom. The Bertz CT molecular complexity index is 1250. The lowest BCUT2D eigenvalue weighted by atomic mass is 10.00. The van der Waals surface area contributed by atoms with Gasteiger partial charge in [-0.25, -0.2) is 19.1 Å². The molecule has 0 fully saturated rings. The summed E-state index contributed by atoms with van der Waals surface area (Å²) in [4.78, 5) is 36.3. The van der Waals surface area contributed by atoms with Crippen molar-refractivity contribution in [2.45, 2.75) is 38.8 Å². The molecule has 10 heteroatoms. The van der Waals surface area contributed by atoms with Crippen molar-refractivity contribution in [2.24, 2.45) is 0 Å². The van der Waals surface area contributed by atoms with Crippen LogP contribution in [-0.4, -0.2) is 35.1 Å². The average Bonchev–Trinajstić information content (AvgIpc) is 2.79. The predicted molar refractivity (Wildman–Crippen MR) is 129 cm³/mol. The molecule has 0 aliphatic heterocycles. The van der Waals surface area contributed by atoms with E-state index in [-0.39, 0.29) is 6.42 Å². The number of aromatic amines is 1. The molecule has 1 aromatic heterocycles.